The second-order valence-electron chi connectivity index (χ2n) is 5.95. The molecule has 5 nitrogen and oxygen atoms in total. The summed E-state index contributed by atoms with van der Waals surface area (Å²) in [5, 5.41) is 0. The number of aromatic nitrogens is 1. The number of carbonyl (C=O) groups excluding carboxylic acids is 1. The van der Waals surface area contributed by atoms with E-state index in [0.717, 1.165) is 32.4 Å². The zero-order chi connectivity index (χ0) is 13.6. The van der Waals surface area contributed by atoms with Crippen LogP contribution in [0.25, 0.3) is 0 Å². The number of likely N-dealkylation sites (tertiary alicyclic amines) is 1. The largest absolute Gasteiger partial charge is 0.436 e. The average molecular weight is 263 g/mol. The lowest BCUT2D eigenvalue weighted by Gasteiger charge is -2.27. The summed E-state index contributed by atoms with van der Waals surface area (Å²) in [7, 11) is 0. The number of aryl methyl sites for hydroxylation is 2. The molecule has 1 aliphatic heterocycles. The molecule has 1 unspecified atom stereocenters. The van der Waals surface area contributed by atoms with Gasteiger partial charge in [-0.25, -0.2) is 4.98 Å². The van der Waals surface area contributed by atoms with Crippen LogP contribution in [-0.2, 0) is 0 Å². The molecule has 5 heteroatoms. The minimum absolute atomic E-state index is 0.0129. The van der Waals surface area contributed by atoms with Gasteiger partial charge in [0.05, 0.1) is 5.69 Å². The average Bonchev–Trinajstić information content (AvgIpc) is 2.91. The van der Waals surface area contributed by atoms with Crippen LogP contribution in [0.2, 0.25) is 0 Å². The molecule has 0 spiro atoms. The normalized spacial score (nSPS) is 30.5. The van der Waals surface area contributed by atoms with E-state index in [1.807, 2.05) is 11.8 Å². The summed E-state index contributed by atoms with van der Waals surface area (Å²) in [4.78, 5) is 18.6. The Hall–Kier alpha value is -1.36. The summed E-state index contributed by atoms with van der Waals surface area (Å²) in [6.07, 6.45) is 3.27. The van der Waals surface area contributed by atoms with Crippen LogP contribution in [0, 0.1) is 25.7 Å². The minimum Gasteiger partial charge on any atom is -0.436 e. The van der Waals surface area contributed by atoms with Crippen LogP contribution in [0.5, 0.6) is 0 Å². The van der Waals surface area contributed by atoms with E-state index in [1.165, 1.54) is 0 Å². The first kappa shape index (κ1) is 12.7. The van der Waals surface area contributed by atoms with Gasteiger partial charge in [-0.2, -0.15) is 0 Å². The molecule has 19 heavy (non-hydrogen) atoms. The molecule has 2 aliphatic rings. The van der Waals surface area contributed by atoms with Gasteiger partial charge in [0.1, 0.15) is 0 Å². The second-order valence-corrected chi connectivity index (χ2v) is 5.95. The third-order valence-electron chi connectivity index (χ3n) is 4.48. The quantitative estimate of drug-likeness (QED) is 0.833. The monoisotopic (exact) mass is 263 g/mol. The summed E-state index contributed by atoms with van der Waals surface area (Å²) in [5.41, 5.74) is 6.71. The Bertz CT molecular complexity index is 497. The lowest BCUT2D eigenvalue weighted by atomic mass is 9.79. The summed E-state index contributed by atoms with van der Waals surface area (Å²) in [6, 6.07) is 0.311. The number of hydrogen-bond acceptors (Lipinski definition) is 4. The molecule has 0 radical (unpaired) electrons. The van der Waals surface area contributed by atoms with Crippen molar-refractivity contribution in [3.63, 3.8) is 0 Å². The van der Waals surface area contributed by atoms with Crippen molar-refractivity contribution in [2.45, 2.75) is 39.2 Å². The van der Waals surface area contributed by atoms with Gasteiger partial charge < -0.3 is 15.1 Å². The predicted molar refractivity (Wildman–Crippen MR) is 70.7 cm³/mol. The Kier molecular flexibility index (Phi) is 3.09. The van der Waals surface area contributed by atoms with Crippen LogP contribution >= 0.6 is 0 Å². The van der Waals surface area contributed by atoms with Gasteiger partial charge in [-0.3, -0.25) is 4.79 Å². The summed E-state index contributed by atoms with van der Waals surface area (Å²) in [6.45, 7) is 5.25. The molecule has 0 bridgehead atoms. The molecule has 3 rings (SSSR count). The predicted octanol–water partition coefficient (Wildman–Crippen LogP) is 1.49. The fraction of sp³-hybridized carbons (Fsp3) is 0.714. The molecular formula is C14H21N3O2. The van der Waals surface area contributed by atoms with E-state index in [2.05, 4.69) is 4.98 Å². The highest BCUT2D eigenvalue weighted by molar-refractivity contribution is 5.92. The summed E-state index contributed by atoms with van der Waals surface area (Å²) < 4.78 is 5.44. The standard InChI is InChI=1S/C14H21N3O2/c1-8-13(19-9(2)16-8)14(18)17-6-10-3-4-12(15)5-11(10)7-17/h10-12H,3-7,15H2,1-2H3/t10-,11+,12?/m1/s1. The zero-order valence-corrected chi connectivity index (χ0v) is 11.6. The molecule has 1 aromatic heterocycles. The number of fused-ring (bicyclic) bond motifs is 1. The molecule has 1 saturated heterocycles. The van der Waals surface area contributed by atoms with Crippen molar-refractivity contribution in [1.29, 1.82) is 0 Å². The molecule has 2 heterocycles. The van der Waals surface area contributed by atoms with Crippen LogP contribution < -0.4 is 5.73 Å². The lowest BCUT2D eigenvalue weighted by Crippen LogP contribution is -2.32. The molecule has 2 N–H and O–H groups in total. The van der Waals surface area contributed by atoms with Gasteiger partial charge in [-0.15, -0.1) is 0 Å². The van der Waals surface area contributed by atoms with E-state index in [9.17, 15) is 4.79 Å². The third-order valence-corrected chi connectivity index (χ3v) is 4.48. The summed E-state index contributed by atoms with van der Waals surface area (Å²) >= 11 is 0. The van der Waals surface area contributed by atoms with Gasteiger partial charge in [0.25, 0.3) is 5.91 Å². The fourth-order valence-electron chi connectivity index (χ4n) is 3.51. The molecule has 0 aromatic carbocycles. The number of nitrogens with two attached hydrogens (primary N) is 1. The zero-order valence-electron chi connectivity index (χ0n) is 11.6. The number of amides is 1. The van der Waals surface area contributed by atoms with Crippen molar-refractivity contribution in [3.05, 3.63) is 17.3 Å². The first-order valence-corrected chi connectivity index (χ1v) is 7.03. The van der Waals surface area contributed by atoms with E-state index >= 15 is 0 Å². The third kappa shape index (κ3) is 2.27. The Balaban J connectivity index is 1.74. The van der Waals surface area contributed by atoms with Gasteiger partial charge >= 0.3 is 0 Å². The number of nitrogens with zero attached hydrogens (tertiary/aromatic N) is 2. The lowest BCUT2D eigenvalue weighted by molar-refractivity contribution is 0.0750. The number of hydrogen-bond donors (Lipinski definition) is 1. The maximum absolute atomic E-state index is 12.5. The van der Waals surface area contributed by atoms with Crippen molar-refractivity contribution >= 4 is 5.91 Å². The fourth-order valence-corrected chi connectivity index (χ4v) is 3.51. The van der Waals surface area contributed by atoms with Crippen molar-refractivity contribution in [1.82, 2.24) is 9.88 Å². The first-order valence-electron chi connectivity index (χ1n) is 7.03. The Morgan fingerprint density at radius 2 is 2.05 bits per heavy atom. The van der Waals surface area contributed by atoms with Crippen LogP contribution in [0.15, 0.2) is 4.42 Å². The summed E-state index contributed by atoms with van der Waals surface area (Å²) in [5.74, 6) is 2.13. The van der Waals surface area contributed by atoms with Crippen molar-refractivity contribution in [3.8, 4) is 0 Å². The smallest absolute Gasteiger partial charge is 0.291 e. The topological polar surface area (TPSA) is 72.4 Å². The molecule has 1 saturated carbocycles. The molecule has 104 valence electrons. The Labute approximate surface area is 113 Å². The van der Waals surface area contributed by atoms with Gasteiger partial charge in [-0.05, 0) is 38.0 Å². The van der Waals surface area contributed by atoms with E-state index in [1.54, 1.807) is 6.92 Å². The van der Waals surface area contributed by atoms with Crippen LogP contribution in [0.3, 0.4) is 0 Å². The number of rotatable bonds is 1. The molecule has 1 amide bonds. The van der Waals surface area contributed by atoms with E-state index < -0.39 is 0 Å². The van der Waals surface area contributed by atoms with Crippen molar-refractivity contribution in [2.24, 2.45) is 17.6 Å². The minimum atomic E-state index is -0.0129. The Morgan fingerprint density at radius 1 is 1.32 bits per heavy atom. The van der Waals surface area contributed by atoms with Crippen molar-refractivity contribution < 1.29 is 9.21 Å². The Morgan fingerprint density at radius 3 is 2.74 bits per heavy atom. The molecule has 1 aromatic rings. The van der Waals surface area contributed by atoms with Gasteiger partial charge in [-0.1, -0.05) is 0 Å². The number of carbonyl (C=O) groups is 1. The van der Waals surface area contributed by atoms with E-state index in [4.69, 9.17) is 10.2 Å². The highest BCUT2D eigenvalue weighted by Gasteiger charge is 2.39. The molecular weight excluding hydrogens is 242 g/mol. The first-order chi connectivity index (χ1) is 9.04. The molecule has 2 fully saturated rings. The molecule has 1 aliphatic carbocycles. The van der Waals surface area contributed by atoms with Crippen molar-refractivity contribution in [2.75, 3.05) is 13.1 Å². The van der Waals surface area contributed by atoms with Crippen LogP contribution in [0.1, 0.15) is 41.4 Å². The second kappa shape index (κ2) is 4.63. The maximum Gasteiger partial charge on any atom is 0.291 e. The van der Waals surface area contributed by atoms with Gasteiger partial charge in [0.2, 0.25) is 5.76 Å². The van der Waals surface area contributed by atoms with Gasteiger partial charge in [0.15, 0.2) is 5.89 Å². The molecule has 3 atom stereocenters. The van der Waals surface area contributed by atoms with Crippen LogP contribution in [-0.4, -0.2) is 34.9 Å². The highest BCUT2D eigenvalue weighted by atomic mass is 16.4. The number of oxazole rings is 1. The van der Waals surface area contributed by atoms with E-state index in [0.29, 0.717) is 35.2 Å². The highest BCUT2D eigenvalue weighted by Crippen LogP contribution is 2.36. The van der Waals surface area contributed by atoms with Crippen LogP contribution in [0.4, 0.5) is 0 Å². The maximum atomic E-state index is 12.5. The van der Waals surface area contributed by atoms with E-state index in [-0.39, 0.29) is 5.91 Å². The SMILES string of the molecule is Cc1nc(C)c(C(=O)N2C[C@H]3CCC(N)C[C@H]3C2)o1. The van der Waals surface area contributed by atoms with Gasteiger partial charge in [0, 0.05) is 26.1 Å².